The molecule has 4 nitrogen and oxygen atoms in total. The summed E-state index contributed by atoms with van der Waals surface area (Å²) < 4.78 is 5.79. The Morgan fingerprint density at radius 3 is 2.44 bits per heavy atom. The highest BCUT2D eigenvalue weighted by atomic mass is 16.5. The van der Waals surface area contributed by atoms with Gasteiger partial charge in [0.15, 0.2) is 0 Å². The molecule has 0 spiro atoms. The van der Waals surface area contributed by atoms with Crippen LogP contribution < -0.4 is 5.73 Å². The second-order valence-corrected chi connectivity index (χ2v) is 5.19. The Balaban J connectivity index is 1.94. The molecule has 1 heterocycles. The van der Waals surface area contributed by atoms with Crippen molar-refractivity contribution in [2.75, 3.05) is 39.4 Å². The predicted octanol–water partition coefficient (Wildman–Crippen LogP) is 1.37. The van der Waals surface area contributed by atoms with Crippen LogP contribution in [0.15, 0.2) is 0 Å². The Bertz CT molecular complexity index is 183. The number of rotatable bonds is 10. The van der Waals surface area contributed by atoms with E-state index in [-0.39, 0.29) is 0 Å². The van der Waals surface area contributed by atoms with Gasteiger partial charge in [0.25, 0.3) is 0 Å². The number of nitrogens with zero attached hydrogens (tertiary/aromatic N) is 1. The summed E-state index contributed by atoms with van der Waals surface area (Å²) >= 11 is 0. The number of unbranched alkanes of at least 4 members (excludes halogenated alkanes) is 3. The van der Waals surface area contributed by atoms with Crippen LogP contribution in [-0.4, -0.2) is 55.5 Å². The van der Waals surface area contributed by atoms with Crippen molar-refractivity contribution in [2.24, 2.45) is 5.73 Å². The molecule has 0 amide bonds. The van der Waals surface area contributed by atoms with E-state index in [2.05, 4.69) is 4.90 Å². The van der Waals surface area contributed by atoms with E-state index in [1.165, 1.54) is 45.3 Å². The molecule has 0 bridgehead atoms. The molecule has 0 unspecified atom stereocenters. The van der Waals surface area contributed by atoms with Crippen LogP contribution in [0, 0.1) is 0 Å². The monoisotopic (exact) mass is 258 g/mol. The van der Waals surface area contributed by atoms with Crippen molar-refractivity contribution in [2.45, 2.75) is 51.0 Å². The summed E-state index contributed by atoms with van der Waals surface area (Å²) in [7, 11) is 0. The molecule has 4 heteroatoms. The van der Waals surface area contributed by atoms with Crippen LogP contribution in [0.3, 0.4) is 0 Å². The largest absolute Gasteiger partial charge is 0.396 e. The van der Waals surface area contributed by atoms with Gasteiger partial charge in [0, 0.05) is 26.3 Å². The Morgan fingerprint density at radius 2 is 1.78 bits per heavy atom. The molecule has 0 aromatic carbocycles. The number of nitrogens with two attached hydrogens (primary N) is 1. The number of likely N-dealkylation sites (tertiary alicyclic amines) is 1. The van der Waals surface area contributed by atoms with Crippen LogP contribution in [0.4, 0.5) is 0 Å². The van der Waals surface area contributed by atoms with Crippen LogP contribution in [0.5, 0.6) is 0 Å². The van der Waals surface area contributed by atoms with Gasteiger partial charge in [-0.05, 0) is 45.2 Å². The van der Waals surface area contributed by atoms with Crippen molar-refractivity contribution in [3.63, 3.8) is 0 Å². The maximum absolute atomic E-state index is 8.70. The first-order valence-corrected chi connectivity index (χ1v) is 7.51. The van der Waals surface area contributed by atoms with E-state index in [0.29, 0.717) is 12.7 Å². The second kappa shape index (κ2) is 10.7. The zero-order valence-corrected chi connectivity index (χ0v) is 11.6. The van der Waals surface area contributed by atoms with E-state index in [1.807, 2.05) is 0 Å². The first-order chi connectivity index (χ1) is 8.86. The van der Waals surface area contributed by atoms with Crippen LogP contribution in [-0.2, 0) is 4.74 Å². The maximum atomic E-state index is 8.70. The summed E-state index contributed by atoms with van der Waals surface area (Å²) in [6, 6.07) is 0. The molecular formula is C14H30N2O2. The van der Waals surface area contributed by atoms with Crippen molar-refractivity contribution >= 4 is 0 Å². The topological polar surface area (TPSA) is 58.7 Å². The van der Waals surface area contributed by atoms with Crippen molar-refractivity contribution in [3.8, 4) is 0 Å². The quantitative estimate of drug-likeness (QED) is 0.581. The maximum Gasteiger partial charge on any atom is 0.0599 e. The number of piperidine rings is 1. The minimum atomic E-state index is 0.339. The average molecular weight is 258 g/mol. The lowest BCUT2D eigenvalue weighted by Crippen LogP contribution is -2.37. The highest BCUT2D eigenvalue weighted by molar-refractivity contribution is 4.72. The Hall–Kier alpha value is -0.160. The molecule has 1 aliphatic rings. The molecular weight excluding hydrogens is 228 g/mol. The molecule has 0 aromatic rings. The van der Waals surface area contributed by atoms with Crippen LogP contribution >= 0.6 is 0 Å². The molecule has 1 fully saturated rings. The van der Waals surface area contributed by atoms with Gasteiger partial charge in [-0.2, -0.15) is 0 Å². The smallest absolute Gasteiger partial charge is 0.0599 e. The van der Waals surface area contributed by atoms with Gasteiger partial charge in [-0.15, -0.1) is 0 Å². The summed E-state index contributed by atoms with van der Waals surface area (Å²) in [6.45, 7) is 5.45. The lowest BCUT2D eigenvalue weighted by molar-refractivity contribution is 0.00699. The average Bonchev–Trinajstić information content (AvgIpc) is 2.40. The minimum Gasteiger partial charge on any atom is -0.396 e. The van der Waals surface area contributed by atoms with E-state index in [9.17, 15) is 0 Å². The first kappa shape index (κ1) is 15.9. The Labute approximate surface area is 111 Å². The van der Waals surface area contributed by atoms with Gasteiger partial charge in [0.05, 0.1) is 6.10 Å². The molecule has 18 heavy (non-hydrogen) atoms. The molecule has 0 aromatic heterocycles. The highest BCUT2D eigenvalue weighted by Gasteiger charge is 2.18. The Morgan fingerprint density at radius 1 is 1.06 bits per heavy atom. The van der Waals surface area contributed by atoms with Crippen molar-refractivity contribution in [1.82, 2.24) is 4.90 Å². The summed E-state index contributed by atoms with van der Waals surface area (Å²) in [5.41, 5.74) is 5.45. The highest BCUT2D eigenvalue weighted by Crippen LogP contribution is 2.14. The van der Waals surface area contributed by atoms with E-state index in [4.69, 9.17) is 15.6 Å². The first-order valence-electron chi connectivity index (χ1n) is 7.51. The van der Waals surface area contributed by atoms with Crippen molar-refractivity contribution < 1.29 is 9.84 Å². The third kappa shape index (κ3) is 7.31. The molecule has 0 atom stereocenters. The summed E-state index contributed by atoms with van der Waals surface area (Å²) in [6.07, 6.45) is 8.40. The Kier molecular flexibility index (Phi) is 9.48. The fourth-order valence-corrected chi connectivity index (χ4v) is 2.43. The predicted molar refractivity (Wildman–Crippen MR) is 74.6 cm³/mol. The standard InChI is InChI=1S/C14H30N2O2/c15-8-5-13-18-14-6-10-16(11-7-14)9-3-1-2-4-12-17/h14,17H,1-13,15H2. The minimum absolute atomic E-state index is 0.339. The van der Waals surface area contributed by atoms with Crippen molar-refractivity contribution in [3.05, 3.63) is 0 Å². The zero-order valence-electron chi connectivity index (χ0n) is 11.6. The number of ether oxygens (including phenoxy) is 1. The molecule has 1 saturated heterocycles. The third-order valence-corrected chi connectivity index (χ3v) is 3.62. The van der Waals surface area contributed by atoms with Crippen LogP contribution in [0.1, 0.15) is 44.9 Å². The molecule has 3 N–H and O–H groups in total. The molecule has 1 aliphatic heterocycles. The molecule has 0 saturated carbocycles. The van der Waals surface area contributed by atoms with Crippen molar-refractivity contribution in [1.29, 1.82) is 0 Å². The molecule has 108 valence electrons. The van der Waals surface area contributed by atoms with Gasteiger partial charge in [0.1, 0.15) is 0 Å². The van der Waals surface area contributed by atoms with Gasteiger partial charge >= 0.3 is 0 Å². The van der Waals surface area contributed by atoms with E-state index >= 15 is 0 Å². The van der Waals surface area contributed by atoms with Gasteiger partial charge in [0.2, 0.25) is 0 Å². The van der Waals surface area contributed by atoms with Gasteiger partial charge in [-0.25, -0.2) is 0 Å². The number of aliphatic hydroxyl groups excluding tert-OH is 1. The summed E-state index contributed by atoms with van der Waals surface area (Å²) in [5, 5.41) is 8.70. The lowest BCUT2D eigenvalue weighted by atomic mass is 10.1. The molecule has 0 radical (unpaired) electrons. The van der Waals surface area contributed by atoms with Gasteiger partial charge in [-0.3, -0.25) is 0 Å². The fourth-order valence-electron chi connectivity index (χ4n) is 2.43. The van der Waals surface area contributed by atoms with E-state index in [0.717, 1.165) is 32.4 Å². The number of hydrogen-bond acceptors (Lipinski definition) is 4. The SMILES string of the molecule is NCCCOC1CCN(CCCCCCO)CC1. The molecule has 0 aliphatic carbocycles. The van der Waals surface area contributed by atoms with Gasteiger partial charge < -0.3 is 20.5 Å². The molecule has 1 rings (SSSR count). The lowest BCUT2D eigenvalue weighted by Gasteiger charge is -2.31. The summed E-state index contributed by atoms with van der Waals surface area (Å²) in [5.74, 6) is 0. The normalized spacial score (nSPS) is 18.3. The van der Waals surface area contributed by atoms with E-state index < -0.39 is 0 Å². The number of hydrogen-bond donors (Lipinski definition) is 2. The van der Waals surface area contributed by atoms with Crippen LogP contribution in [0.25, 0.3) is 0 Å². The second-order valence-electron chi connectivity index (χ2n) is 5.19. The van der Waals surface area contributed by atoms with E-state index in [1.54, 1.807) is 0 Å². The third-order valence-electron chi connectivity index (χ3n) is 3.62. The zero-order chi connectivity index (χ0) is 13.1. The number of aliphatic hydroxyl groups is 1. The van der Waals surface area contributed by atoms with Crippen LogP contribution in [0.2, 0.25) is 0 Å². The van der Waals surface area contributed by atoms with Gasteiger partial charge in [-0.1, -0.05) is 12.8 Å². The summed E-state index contributed by atoms with van der Waals surface area (Å²) in [4.78, 5) is 2.54. The fraction of sp³-hybridized carbons (Fsp3) is 1.00.